The largest absolute Gasteiger partial charge is 0.490 e. The molecule has 4 rings (SSSR count). The minimum Gasteiger partial charge on any atom is -0.490 e. The number of hydrogen-bond acceptors (Lipinski definition) is 5. The van der Waals surface area contributed by atoms with E-state index >= 15 is 0 Å². The van der Waals surface area contributed by atoms with Crippen molar-refractivity contribution in [2.45, 2.75) is 27.4 Å². The number of anilines is 1. The van der Waals surface area contributed by atoms with Crippen LogP contribution in [-0.2, 0) is 16.2 Å². The molecule has 1 fully saturated rings. The highest BCUT2D eigenvalue weighted by Gasteiger charge is 2.37. The van der Waals surface area contributed by atoms with Gasteiger partial charge in [0, 0.05) is 4.47 Å². The number of ether oxygens (including phenoxy) is 2. The minimum absolute atomic E-state index is 0.153. The van der Waals surface area contributed by atoms with Crippen LogP contribution in [0.25, 0.3) is 6.08 Å². The van der Waals surface area contributed by atoms with Crippen LogP contribution in [0.3, 0.4) is 0 Å². The fourth-order valence-electron chi connectivity index (χ4n) is 3.88. The molecular formula is C28H25BrN2O5. The van der Waals surface area contributed by atoms with Crippen molar-refractivity contribution in [3.8, 4) is 11.5 Å². The van der Waals surface area contributed by atoms with Gasteiger partial charge in [0.05, 0.1) is 12.3 Å². The Morgan fingerprint density at radius 3 is 2.25 bits per heavy atom. The van der Waals surface area contributed by atoms with Crippen molar-refractivity contribution in [1.82, 2.24) is 5.32 Å². The van der Waals surface area contributed by atoms with E-state index in [2.05, 4.69) is 21.2 Å². The maximum absolute atomic E-state index is 13.3. The van der Waals surface area contributed by atoms with Crippen LogP contribution in [-0.4, -0.2) is 24.5 Å². The van der Waals surface area contributed by atoms with E-state index < -0.39 is 17.8 Å². The Labute approximate surface area is 217 Å². The summed E-state index contributed by atoms with van der Waals surface area (Å²) in [7, 11) is 0. The van der Waals surface area contributed by atoms with Crippen LogP contribution in [0.5, 0.6) is 11.5 Å². The molecule has 0 aliphatic carbocycles. The maximum Gasteiger partial charge on any atom is 0.335 e. The molecule has 0 atom stereocenters. The number of urea groups is 1. The smallest absolute Gasteiger partial charge is 0.335 e. The third-order valence-corrected chi connectivity index (χ3v) is 5.98. The molecule has 0 bridgehead atoms. The highest BCUT2D eigenvalue weighted by atomic mass is 79.9. The predicted octanol–water partition coefficient (Wildman–Crippen LogP) is 5.71. The zero-order chi connectivity index (χ0) is 25.8. The van der Waals surface area contributed by atoms with Gasteiger partial charge in [-0.05, 0) is 85.5 Å². The number of hydrogen-bond donors (Lipinski definition) is 1. The lowest BCUT2D eigenvalue weighted by molar-refractivity contribution is -0.122. The summed E-state index contributed by atoms with van der Waals surface area (Å²) in [5.74, 6) is -0.426. The van der Waals surface area contributed by atoms with Crippen LogP contribution in [0, 0.1) is 13.8 Å². The average molecular weight is 549 g/mol. The molecule has 0 radical (unpaired) electrons. The number of carbonyl (C=O) groups is 3. The van der Waals surface area contributed by atoms with Crippen LogP contribution in [0.15, 0.2) is 70.7 Å². The van der Waals surface area contributed by atoms with Crippen LogP contribution in [0.4, 0.5) is 10.5 Å². The number of aryl methyl sites for hydroxylation is 2. The summed E-state index contributed by atoms with van der Waals surface area (Å²) in [6.45, 7) is 6.36. The van der Waals surface area contributed by atoms with Crippen molar-refractivity contribution < 1.29 is 23.9 Å². The summed E-state index contributed by atoms with van der Waals surface area (Å²) >= 11 is 3.42. The van der Waals surface area contributed by atoms with E-state index in [1.54, 1.807) is 30.3 Å². The van der Waals surface area contributed by atoms with Crippen molar-refractivity contribution in [3.63, 3.8) is 0 Å². The number of nitrogens with one attached hydrogen (secondary N) is 1. The Bertz CT molecular complexity index is 1340. The molecular weight excluding hydrogens is 524 g/mol. The van der Waals surface area contributed by atoms with Gasteiger partial charge in [-0.25, -0.2) is 9.69 Å². The van der Waals surface area contributed by atoms with E-state index in [0.29, 0.717) is 36.0 Å². The molecule has 7 nitrogen and oxygen atoms in total. The zero-order valence-electron chi connectivity index (χ0n) is 20.1. The van der Waals surface area contributed by atoms with E-state index in [1.165, 1.54) is 6.08 Å². The number of nitrogens with zero attached hydrogens (tertiary/aromatic N) is 1. The molecule has 184 valence electrons. The van der Waals surface area contributed by atoms with Gasteiger partial charge in [0.2, 0.25) is 0 Å². The number of barbiturate groups is 1. The Morgan fingerprint density at radius 2 is 1.58 bits per heavy atom. The normalized spacial score (nSPS) is 14.7. The molecule has 0 spiro atoms. The molecule has 1 aliphatic heterocycles. The molecule has 3 aromatic rings. The Morgan fingerprint density at radius 1 is 0.889 bits per heavy atom. The monoisotopic (exact) mass is 548 g/mol. The summed E-state index contributed by atoms with van der Waals surface area (Å²) in [6, 6.07) is 17.6. The van der Waals surface area contributed by atoms with Gasteiger partial charge < -0.3 is 9.47 Å². The fraction of sp³-hybridized carbons (Fsp3) is 0.179. The number of imide groups is 2. The standard InChI is InChI=1S/C28H25BrN2O5/c1-4-35-25-15-20(7-10-24(25)36-16-19-5-8-21(29)9-6-19)14-23-26(32)30-28(34)31(27(23)33)22-12-17(2)11-18(3)13-22/h5-15H,4,16H2,1-3H3,(H,30,32,34)/b23-14+. The molecule has 0 aromatic heterocycles. The number of rotatable bonds is 7. The first-order valence-electron chi connectivity index (χ1n) is 11.4. The second-order valence-corrected chi connectivity index (χ2v) is 9.27. The molecule has 8 heteroatoms. The first kappa shape index (κ1) is 25.2. The summed E-state index contributed by atoms with van der Waals surface area (Å²) in [5.41, 5.74) is 3.59. The fourth-order valence-corrected chi connectivity index (χ4v) is 4.15. The molecule has 1 aliphatic rings. The Hall–Kier alpha value is -3.91. The van der Waals surface area contributed by atoms with Crippen molar-refractivity contribution in [3.05, 3.63) is 93.0 Å². The van der Waals surface area contributed by atoms with E-state index in [9.17, 15) is 14.4 Å². The van der Waals surface area contributed by atoms with E-state index in [4.69, 9.17) is 9.47 Å². The van der Waals surface area contributed by atoms with E-state index in [0.717, 1.165) is 26.1 Å². The van der Waals surface area contributed by atoms with Gasteiger partial charge in [0.1, 0.15) is 12.2 Å². The molecule has 4 amide bonds. The van der Waals surface area contributed by atoms with Gasteiger partial charge in [0.25, 0.3) is 11.8 Å². The zero-order valence-corrected chi connectivity index (χ0v) is 21.7. The Kier molecular flexibility index (Phi) is 7.55. The predicted molar refractivity (Wildman–Crippen MR) is 141 cm³/mol. The summed E-state index contributed by atoms with van der Waals surface area (Å²) < 4.78 is 12.7. The maximum atomic E-state index is 13.3. The van der Waals surface area contributed by atoms with Crippen molar-refractivity contribution in [1.29, 1.82) is 0 Å². The van der Waals surface area contributed by atoms with Crippen molar-refractivity contribution >= 4 is 45.5 Å². The van der Waals surface area contributed by atoms with Crippen LogP contribution in [0.1, 0.15) is 29.2 Å². The first-order chi connectivity index (χ1) is 17.2. The third kappa shape index (κ3) is 5.66. The van der Waals surface area contributed by atoms with Crippen LogP contribution < -0.4 is 19.7 Å². The van der Waals surface area contributed by atoms with Crippen LogP contribution in [0.2, 0.25) is 0 Å². The van der Waals surface area contributed by atoms with Crippen molar-refractivity contribution in [2.75, 3.05) is 11.5 Å². The van der Waals surface area contributed by atoms with E-state index in [-0.39, 0.29) is 5.57 Å². The lowest BCUT2D eigenvalue weighted by Gasteiger charge is -2.27. The van der Waals surface area contributed by atoms with Gasteiger partial charge in [0.15, 0.2) is 11.5 Å². The number of halogens is 1. The highest BCUT2D eigenvalue weighted by molar-refractivity contribution is 9.10. The topological polar surface area (TPSA) is 84.9 Å². The second-order valence-electron chi connectivity index (χ2n) is 8.36. The summed E-state index contributed by atoms with van der Waals surface area (Å²) in [4.78, 5) is 39.3. The third-order valence-electron chi connectivity index (χ3n) is 5.45. The molecule has 1 heterocycles. The van der Waals surface area contributed by atoms with Gasteiger partial charge in [-0.3, -0.25) is 14.9 Å². The quantitative estimate of drug-likeness (QED) is 0.302. The van der Waals surface area contributed by atoms with Gasteiger partial charge in [-0.2, -0.15) is 0 Å². The average Bonchev–Trinajstić information content (AvgIpc) is 2.82. The molecule has 36 heavy (non-hydrogen) atoms. The lowest BCUT2D eigenvalue weighted by atomic mass is 10.0. The summed E-state index contributed by atoms with van der Waals surface area (Å²) in [6.07, 6.45) is 1.45. The van der Waals surface area contributed by atoms with Crippen LogP contribution >= 0.6 is 15.9 Å². The van der Waals surface area contributed by atoms with Crippen molar-refractivity contribution in [2.24, 2.45) is 0 Å². The first-order valence-corrected chi connectivity index (χ1v) is 12.2. The number of carbonyl (C=O) groups excluding carboxylic acids is 3. The van der Waals surface area contributed by atoms with E-state index in [1.807, 2.05) is 51.1 Å². The number of amides is 4. The SMILES string of the molecule is CCOc1cc(/C=C2\C(=O)NC(=O)N(c3cc(C)cc(C)c3)C2=O)ccc1OCc1ccc(Br)cc1. The molecule has 1 N–H and O–H groups in total. The number of benzene rings is 3. The lowest BCUT2D eigenvalue weighted by Crippen LogP contribution is -2.54. The molecule has 3 aromatic carbocycles. The van der Waals surface area contributed by atoms with Gasteiger partial charge in [-0.1, -0.05) is 40.2 Å². The van der Waals surface area contributed by atoms with Gasteiger partial charge >= 0.3 is 6.03 Å². The second kappa shape index (κ2) is 10.8. The summed E-state index contributed by atoms with van der Waals surface area (Å²) in [5, 5.41) is 2.26. The molecule has 0 saturated carbocycles. The van der Waals surface area contributed by atoms with Gasteiger partial charge in [-0.15, -0.1) is 0 Å². The molecule has 1 saturated heterocycles. The molecule has 0 unspecified atom stereocenters. The minimum atomic E-state index is -0.779. The Balaban J connectivity index is 1.62. The highest BCUT2D eigenvalue weighted by Crippen LogP contribution is 2.31.